The van der Waals surface area contributed by atoms with Crippen LogP contribution in [0.25, 0.3) is 0 Å². The Morgan fingerprint density at radius 2 is 1.94 bits per heavy atom. The van der Waals surface area contributed by atoms with Crippen LogP contribution in [0, 0.1) is 10.1 Å². The van der Waals surface area contributed by atoms with Gasteiger partial charge in [0.1, 0.15) is 0 Å². The van der Waals surface area contributed by atoms with Crippen LogP contribution < -0.4 is 9.47 Å². The van der Waals surface area contributed by atoms with E-state index in [1.807, 2.05) is 0 Å². The zero-order valence-corrected chi connectivity index (χ0v) is 11.0. The summed E-state index contributed by atoms with van der Waals surface area (Å²) in [6.07, 6.45) is 0.580. The van der Waals surface area contributed by atoms with E-state index in [0.717, 1.165) is 0 Å². The number of nitrogens with zero attached hydrogens (tertiary/aromatic N) is 1. The fourth-order valence-corrected chi connectivity index (χ4v) is 2.32. The monoisotopic (exact) mass is 273 g/mol. The molecular formula is C11H15NO5S. The van der Waals surface area contributed by atoms with Crippen LogP contribution in [-0.4, -0.2) is 36.6 Å². The van der Waals surface area contributed by atoms with E-state index in [1.54, 1.807) is 6.07 Å². The number of hydrogen-bond donors (Lipinski definition) is 1. The van der Waals surface area contributed by atoms with Crippen molar-refractivity contribution >= 4 is 17.4 Å². The second-order valence-corrected chi connectivity index (χ2v) is 4.49. The van der Waals surface area contributed by atoms with Crippen LogP contribution in [-0.2, 0) is 0 Å². The molecule has 0 unspecified atom stereocenters. The molecule has 0 heterocycles. The standard InChI is InChI=1S/C11H15NO5S/c1-16-9-6-8(12(14)15)11(7-10(9)17-2)18-5-3-4-13/h6-7,13H,3-5H2,1-2H3. The molecule has 1 rings (SSSR count). The highest BCUT2D eigenvalue weighted by atomic mass is 32.2. The molecule has 100 valence electrons. The Kier molecular flexibility index (Phi) is 5.73. The first kappa shape index (κ1) is 14.6. The number of thioether (sulfide) groups is 1. The van der Waals surface area contributed by atoms with E-state index < -0.39 is 4.92 Å². The summed E-state index contributed by atoms with van der Waals surface area (Å²) in [5, 5.41) is 19.7. The lowest BCUT2D eigenvalue weighted by Crippen LogP contribution is -1.97. The van der Waals surface area contributed by atoms with Crippen molar-refractivity contribution in [2.75, 3.05) is 26.6 Å². The van der Waals surface area contributed by atoms with Gasteiger partial charge in [0.25, 0.3) is 5.69 Å². The minimum Gasteiger partial charge on any atom is -0.493 e. The van der Waals surface area contributed by atoms with Gasteiger partial charge in [-0.15, -0.1) is 11.8 Å². The Balaban J connectivity index is 3.08. The highest BCUT2D eigenvalue weighted by molar-refractivity contribution is 7.99. The molecule has 1 N–H and O–H groups in total. The molecule has 0 radical (unpaired) electrons. The van der Waals surface area contributed by atoms with Crippen LogP contribution in [0.2, 0.25) is 0 Å². The van der Waals surface area contributed by atoms with E-state index in [-0.39, 0.29) is 12.3 Å². The van der Waals surface area contributed by atoms with Crippen LogP contribution >= 0.6 is 11.8 Å². The Hall–Kier alpha value is -1.47. The summed E-state index contributed by atoms with van der Waals surface area (Å²) in [6, 6.07) is 2.93. The van der Waals surface area contributed by atoms with Crippen molar-refractivity contribution in [3.05, 3.63) is 22.2 Å². The predicted molar refractivity (Wildman–Crippen MR) is 68.6 cm³/mol. The number of methoxy groups -OCH3 is 2. The first-order valence-electron chi connectivity index (χ1n) is 5.28. The number of hydrogen-bond acceptors (Lipinski definition) is 6. The molecule has 7 heteroatoms. The van der Waals surface area contributed by atoms with Crippen molar-refractivity contribution < 1.29 is 19.5 Å². The average molecular weight is 273 g/mol. The summed E-state index contributed by atoms with van der Waals surface area (Å²) in [6.45, 7) is 0.0636. The second kappa shape index (κ2) is 7.07. The number of nitro groups is 1. The molecule has 1 aromatic carbocycles. The van der Waals surface area contributed by atoms with Crippen molar-refractivity contribution in [2.24, 2.45) is 0 Å². The fraction of sp³-hybridized carbons (Fsp3) is 0.455. The summed E-state index contributed by atoms with van der Waals surface area (Å²) < 4.78 is 10.1. The number of aliphatic hydroxyl groups is 1. The third kappa shape index (κ3) is 3.51. The maximum Gasteiger partial charge on any atom is 0.286 e. The molecule has 0 amide bonds. The largest absolute Gasteiger partial charge is 0.493 e. The number of nitro benzene ring substituents is 1. The van der Waals surface area contributed by atoms with Gasteiger partial charge in [-0.05, 0) is 6.42 Å². The molecule has 0 bridgehead atoms. The zero-order valence-electron chi connectivity index (χ0n) is 10.2. The van der Waals surface area contributed by atoms with Crippen LogP contribution in [0.15, 0.2) is 17.0 Å². The van der Waals surface area contributed by atoms with E-state index in [9.17, 15) is 10.1 Å². The predicted octanol–water partition coefficient (Wildman–Crippen LogP) is 2.09. The molecule has 0 atom stereocenters. The maximum atomic E-state index is 11.0. The molecule has 0 aromatic heterocycles. The minimum atomic E-state index is -0.455. The Morgan fingerprint density at radius 1 is 1.33 bits per heavy atom. The highest BCUT2D eigenvalue weighted by Crippen LogP contribution is 2.39. The third-order valence-corrected chi connectivity index (χ3v) is 3.35. The summed E-state index contributed by atoms with van der Waals surface area (Å²) in [5.74, 6) is 1.39. The summed E-state index contributed by atoms with van der Waals surface area (Å²) >= 11 is 1.31. The number of rotatable bonds is 7. The third-order valence-electron chi connectivity index (χ3n) is 2.22. The minimum absolute atomic E-state index is 0.0180. The lowest BCUT2D eigenvalue weighted by Gasteiger charge is -2.10. The van der Waals surface area contributed by atoms with Crippen molar-refractivity contribution in [3.63, 3.8) is 0 Å². The molecule has 18 heavy (non-hydrogen) atoms. The van der Waals surface area contributed by atoms with Gasteiger partial charge in [0.15, 0.2) is 11.5 Å². The van der Waals surface area contributed by atoms with Crippen molar-refractivity contribution in [3.8, 4) is 11.5 Å². The van der Waals surface area contributed by atoms with E-state index >= 15 is 0 Å². The molecule has 0 saturated heterocycles. The van der Waals surface area contributed by atoms with Gasteiger partial charge in [-0.1, -0.05) is 0 Å². The molecule has 0 fully saturated rings. The van der Waals surface area contributed by atoms with E-state index in [4.69, 9.17) is 14.6 Å². The topological polar surface area (TPSA) is 81.8 Å². The quantitative estimate of drug-likeness (QED) is 0.354. The van der Waals surface area contributed by atoms with E-state index in [1.165, 1.54) is 32.0 Å². The highest BCUT2D eigenvalue weighted by Gasteiger charge is 2.19. The Bertz CT molecular complexity index is 424. The van der Waals surface area contributed by atoms with Gasteiger partial charge in [-0.25, -0.2) is 0 Å². The SMILES string of the molecule is COc1cc(SCCCO)c([N+](=O)[O-])cc1OC. The lowest BCUT2D eigenvalue weighted by molar-refractivity contribution is -0.387. The molecular weight excluding hydrogens is 258 g/mol. The number of benzene rings is 1. The summed E-state index contributed by atoms with van der Waals surface area (Å²) in [5.41, 5.74) is -0.0180. The molecule has 0 saturated carbocycles. The molecule has 0 aliphatic heterocycles. The van der Waals surface area contributed by atoms with Gasteiger partial charge >= 0.3 is 0 Å². The maximum absolute atomic E-state index is 11.0. The van der Waals surface area contributed by atoms with Gasteiger partial charge < -0.3 is 14.6 Å². The Labute approximate surface area is 109 Å². The van der Waals surface area contributed by atoms with Crippen LogP contribution in [0.3, 0.4) is 0 Å². The van der Waals surface area contributed by atoms with E-state index in [2.05, 4.69) is 0 Å². The van der Waals surface area contributed by atoms with Crippen LogP contribution in [0.5, 0.6) is 11.5 Å². The number of ether oxygens (including phenoxy) is 2. The van der Waals surface area contributed by atoms with Crippen LogP contribution in [0.4, 0.5) is 5.69 Å². The fourth-order valence-electron chi connectivity index (χ4n) is 1.35. The van der Waals surface area contributed by atoms with E-state index in [0.29, 0.717) is 28.6 Å². The lowest BCUT2D eigenvalue weighted by atomic mass is 10.3. The first-order valence-corrected chi connectivity index (χ1v) is 6.26. The van der Waals surface area contributed by atoms with Crippen molar-refractivity contribution in [1.82, 2.24) is 0 Å². The normalized spacial score (nSPS) is 10.2. The average Bonchev–Trinajstić information content (AvgIpc) is 2.38. The second-order valence-electron chi connectivity index (χ2n) is 3.36. The summed E-state index contributed by atoms with van der Waals surface area (Å²) in [4.78, 5) is 11.0. The molecule has 0 aliphatic carbocycles. The molecule has 1 aromatic rings. The van der Waals surface area contributed by atoms with Gasteiger partial charge in [0.05, 0.1) is 30.1 Å². The van der Waals surface area contributed by atoms with Crippen molar-refractivity contribution in [1.29, 1.82) is 0 Å². The van der Waals surface area contributed by atoms with Crippen LogP contribution in [0.1, 0.15) is 6.42 Å². The molecule has 0 spiro atoms. The van der Waals surface area contributed by atoms with Gasteiger partial charge in [0, 0.05) is 18.4 Å². The smallest absolute Gasteiger partial charge is 0.286 e. The van der Waals surface area contributed by atoms with Gasteiger partial charge in [-0.2, -0.15) is 0 Å². The Morgan fingerprint density at radius 3 is 2.44 bits per heavy atom. The molecule has 0 aliphatic rings. The first-order chi connectivity index (χ1) is 8.63. The number of aliphatic hydroxyl groups excluding tert-OH is 1. The van der Waals surface area contributed by atoms with Gasteiger partial charge in [0.2, 0.25) is 0 Å². The zero-order chi connectivity index (χ0) is 13.5. The van der Waals surface area contributed by atoms with Crippen molar-refractivity contribution in [2.45, 2.75) is 11.3 Å². The van der Waals surface area contributed by atoms with Gasteiger partial charge in [-0.3, -0.25) is 10.1 Å². The summed E-state index contributed by atoms with van der Waals surface area (Å²) in [7, 11) is 2.91. The molecule has 6 nitrogen and oxygen atoms in total.